The molecule has 3 aromatic rings. The molecule has 7 heteroatoms. The van der Waals surface area contributed by atoms with Gasteiger partial charge in [0.25, 0.3) is 5.92 Å². The van der Waals surface area contributed by atoms with Crippen molar-refractivity contribution in [3.8, 4) is 22.4 Å². The number of alkyl halides is 2. The van der Waals surface area contributed by atoms with Gasteiger partial charge in [0, 0.05) is 27.7 Å². The molecule has 1 aromatic heterocycles. The number of rotatable bonds is 2. The molecule has 1 spiro atoms. The van der Waals surface area contributed by atoms with Crippen LogP contribution in [0.5, 0.6) is 0 Å². The fourth-order valence-corrected chi connectivity index (χ4v) is 5.05. The van der Waals surface area contributed by atoms with E-state index < -0.39 is 5.92 Å². The molecule has 3 nitrogen and oxygen atoms in total. The van der Waals surface area contributed by atoms with Crippen molar-refractivity contribution in [2.24, 2.45) is 5.41 Å². The van der Waals surface area contributed by atoms with Crippen LogP contribution in [0.3, 0.4) is 0 Å². The molecule has 0 unspecified atom stereocenters. The minimum Gasteiger partial charge on any atom is -0.341 e. The molecular weight excluding hydrogens is 460 g/mol. The zero-order valence-electron chi connectivity index (χ0n) is 15.4. The smallest absolute Gasteiger partial charge is 0.299 e. The molecule has 0 radical (unpaired) electrons. The summed E-state index contributed by atoms with van der Waals surface area (Å²) in [6.45, 7) is 1.05. The number of fused-ring (bicyclic) bond motifs is 3. The highest BCUT2D eigenvalue weighted by Gasteiger charge is 2.49. The van der Waals surface area contributed by atoms with Gasteiger partial charge in [0.05, 0.1) is 17.9 Å². The van der Waals surface area contributed by atoms with Crippen LogP contribution in [0.25, 0.3) is 22.4 Å². The zero-order valence-corrected chi connectivity index (χ0v) is 17.8. The van der Waals surface area contributed by atoms with Crippen LogP contribution in [-0.4, -0.2) is 16.5 Å². The molecular formula is C22H19BrClF2N3. The van der Waals surface area contributed by atoms with Crippen molar-refractivity contribution < 1.29 is 8.78 Å². The largest absolute Gasteiger partial charge is 0.341 e. The van der Waals surface area contributed by atoms with E-state index in [-0.39, 0.29) is 29.6 Å². The van der Waals surface area contributed by atoms with E-state index in [1.54, 1.807) is 30.5 Å². The molecule has 1 saturated carbocycles. The highest BCUT2D eigenvalue weighted by Crippen LogP contribution is 2.55. The highest BCUT2D eigenvalue weighted by molar-refractivity contribution is 9.10. The second-order valence-corrected chi connectivity index (χ2v) is 9.26. The maximum absolute atomic E-state index is 15.1. The van der Waals surface area contributed by atoms with Crippen LogP contribution in [0.15, 0.2) is 47.1 Å². The monoisotopic (exact) mass is 477 g/mol. The third kappa shape index (κ3) is 2.87. The van der Waals surface area contributed by atoms with Gasteiger partial charge in [0.2, 0.25) is 0 Å². The van der Waals surface area contributed by atoms with Crippen molar-refractivity contribution in [3.63, 3.8) is 0 Å². The van der Waals surface area contributed by atoms with E-state index >= 15 is 8.78 Å². The van der Waals surface area contributed by atoms with Gasteiger partial charge in [-0.25, -0.2) is 4.98 Å². The Morgan fingerprint density at radius 2 is 1.76 bits per heavy atom. The summed E-state index contributed by atoms with van der Waals surface area (Å²) in [6, 6.07) is 10.6. The predicted octanol–water partition coefficient (Wildman–Crippen LogP) is 6.20. The molecule has 1 aliphatic heterocycles. The fraction of sp³-hybridized carbons (Fsp3) is 0.318. The normalized spacial score (nSPS) is 22.2. The summed E-state index contributed by atoms with van der Waals surface area (Å²) in [6.07, 6.45) is 5.45. The first-order chi connectivity index (χ1) is 13.5. The van der Waals surface area contributed by atoms with Crippen molar-refractivity contribution >= 4 is 28.3 Å². The van der Waals surface area contributed by atoms with Gasteiger partial charge in [-0.1, -0.05) is 34.1 Å². The van der Waals surface area contributed by atoms with Crippen molar-refractivity contribution in [2.45, 2.75) is 31.2 Å². The molecule has 29 heavy (non-hydrogen) atoms. The third-order valence-electron chi connectivity index (χ3n) is 6.52. The number of imidazole rings is 1. The van der Waals surface area contributed by atoms with Crippen molar-refractivity contribution in [2.75, 3.05) is 6.54 Å². The Hall–Kier alpha value is -1.76. The number of aromatic amines is 1. The summed E-state index contributed by atoms with van der Waals surface area (Å²) in [5.74, 6) is -2.10. The Morgan fingerprint density at radius 3 is 2.48 bits per heavy atom. The standard InChI is InChI=1S/C22H18BrF2N3.ClH/c23-13-2-4-15-14-3-1-12(7-16(14)22(24,25)17(15)8-13)19-10-26-20(28-19)18-9-21(5-6-21)11-27-18;/h1-4,7-8,10,18,27H,5-6,9,11H2,(H,26,28);1H/t18-;/m0./s1. The van der Waals surface area contributed by atoms with Crippen molar-refractivity contribution in [3.05, 3.63) is 64.0 Å². The molecule has 2 fully saturated rings. The second-order valence-electron chi connectivity index (χ2n) is 8.34. The minimum absolute atomic E-state index is 0. The Bertz CT molecular complexity index is 1120. The van der Waals surface area contributed by atoms with Crippen molar-refractivity contribution in [1.29, 1.82) is 0 Å². The molecule has 3 aliphatic rings. The predicted molar refractivity (Wildman–Crippen MR) is 114 cm³/mol. The van der Waals surface area contributed by atoms with Gasteiger partial charge >= 0.3 is 0 Å². The number of nitrogens with zero attached hydrogens (tertiary/aromatic N) is 1. The summed E-state index contributed by atoms with van der Waals surface area (Å²) in [7, 11) is 0. The number of hydrogen-bond donors (Lipinski definition) is 2. The lowest BCUT2D eigenvalue weighted by Gasteiger charge is -2.13. The number of nitrogens with one attached hydrogen (secondary N) is 2. The van der Waals surface area contributed by atoms with Gasteiger partial charge in [-0.15, -0.1) is 12.4 Å². The number of H-pyrrole nitrogens is 1. The Balaban J connectivity index is 0.00000181. The molecule has 2 N–H and O–H groups in total. The van der Waals surface area contributed by atoms with Gasteiger partial charge in [0.1, 0.15) is 5.82 Å². The fourth-order valence-electron chi connectivity index (χ4n) is 4.69. The van der Waals surface area contributed by atoms with Crippen LogP contribution < -0.4 is 5.32 Å². The maximum atomic E-state index is 15.1. The topological polar surface area (TPSA) is 40.7 Å². The van der Waals surface area contributed by atoms with Gasteiger partial charge in [-0.05, 0) is 54.0 Å². The molecule has 150 valence electrons. The van der Waals surface area contributed by atoms with Gasteiger partial charge in [0.15, 0.2) is 0 Å². The quantitative estimate of drug-likeness (QED) is 0.461. The van der Waals surface area contributed by atoms with Crippen LogP contribution in [-0.2, 0) is 5.92 Å². The van der Waals surface area contributed by atoms with Crippen LogP contribution in [0.4, 0.5) is 8.78 Å². The molecule has 2 heterocycles. The summed E-state index contributed by atoms with van der Waals surface area (Å²) in [4.78, 5) is 7.90. The van der Waals surface area contributed by atoms with Crippen molar-refractivity contribution in [1.82, 2.24) is 15.3 Å². The van der Waals surface area contributed by atoms with Gasteiger partial charge in [-0.3, -0.25) is 0 Å². The van der Waals surface area contributed by atoms with Crippen LogP contribution >= 0.6 is 28.3 Å². The molecule has 2 aliphatic carbocycles. The first kappa shape index (κ1) is 19.2. The summed E-state index contributed by atoms with van der Waals surface area (Å²) in [5, 5.41) is 3.54. The van der Waals surface area contributed by atoms with Crippen LogP contribution in [0.2, 0.25) is 0 Å². The van der Waals surface area contributed by atoms with E-state index in [4.69, 9.17) is 0 Å². The van der Waals surface area contributed by atoms with Crippen LogP contribution in [0.1, 0.15) is 42.3 Å². The number of hydrogen-bond acceptors (Lipinski definition) is 2. The highest BCUT2D eigenvalue weighted by atomic mass is 79.9. The average molecular weight is 479 g/mol. The first-order valence-corrected chi connectivity index (χ1v) is 10.4. The van der Waals surface area contributed by atoms with E-state index in [1.165, 1.54) is 18.9 Å². The van der Waals surface area contributed by atoms with Gasteiger partial charge in [-0.2, -0.15) is 8.78 Å². The Kier molecular flexibility index (Phi) is 4.22. The maximum Gasteiger partial charge on any atom is 0.299 e. The molecule has 0 bridgehead atoms. The number of benzene rings is 2. The molecule has 0 amide bonds. The SMILES string of the molecule is Cl.FC1(F)c2cc(Br)ccc2-c2ccc(-c3cnc([C@@H]4CC5(CC5)CN4)[nH]3)cc21. The number of halogens is 4. The third-order valence-corrected chi connectivity index (χ3v) is 7.02. The summed E-state index contributed by atoms with van der Waals surface area (Å²) >= 11 is 3.31. The first-order valence-electron chi connectivity index (χ1n) is 9.57. The van der Waals surface area contributed by atoms with E-state index in [9.17, 15) is 0 Å². The molecule has 1 saturated heterocycles. The lowest BCUT2D eigenvalue weighted by molar-refractivity contribution is 0.0480. The van der Waals surface area contributed by atoms with E-state index in [0.717, 1.165) is 30.0 Å². The zero-order chi connectivity index (χ0) is 19.1. The van der Waals surface area contributed by atoms with Crippen LogP contribution in [0, 0.1) is 5.41 Å². The number of aromatic nitrogens is 2. The lowest BCUT2D eigenvalue weighted by Crippen LogP contribution is -2.15. The average Bonchev–Trinajstić information content (AvgIpc) is 3.03. The lowest BCUT2D eigenvalue weighted by atomic mass is 10.0. The summed E-state index contributed by atoms with van der Waals surface area (Å²) < 4.78 is 30.8. The molecule has 1 atom stereocenters. The Labute approximate surface area is 181 Å². The van der Waals surface area contributed by atoms with E-state index in [0.29, 0.717) is 21.0 Å². The van der Waals surface area contributed by atoms with Gasteiger partial charge < -0.3 is 10.3 Å². The van der Waals surface area contributed by atoms with E-state index in [2.05, 4.69) is 31.2 Å². The molecule has 2 aromatic carbocycles. The second kappa shape index (κ2) is 6.37. The molecule has 6 rings (SSSR count). The minimum atomic E-state index is -3.00. The van der Waals surface area contributed by atoms with E-state index in [1.807, 2.05) is 6.07 Å². The summed E-state index contributed by atoms with van der Waals surface area (Å²) in [5.41, 5.74) is 3.32. The Morgan fingerprint density at radius 1 is 1.03 bits per heavy atom.